The molecule has 0 unspecified atom stereocenters. The molecule has 0 atom stereocenters. The Kier molecular flexibility index (Phi) is 5.26. The molecular weight excluding hydrogens is 248 g/mol. The SMILES string of the molecule is CC(C)[Si](C#Cc1ccccc1O)(C(C)C)C(C)C. The van der Waals surface area contributed by atoms with Gasteiger partial charge in [0.1, 0.15) is 13.8 Å². The molecule has 19 heavy (non-hydrogen) atoms. The van der Waals surface area contributed by atoms with Crippen LogP contribution in [0.1, 0.15) is 47.1 Å². The first-order valence-corrected chi connectivity index (χ1v) is 9.36. The van der Waals surface area contributed by atoms with E-state index < -0.39 is 8.07 Å². The number of benzene rings is 1. The minimum Gasteiger partial charge on any atom is -0.507 e. The van der Waals surface area contributed by atoms with E-state index in [0.29, 0.717) is 16.6 Å². The fourth-order valence-corrected chi connectivity index (χ4v) is 8.41. The minimum atomic E-state index is -1.71. The van der Waals surface area contributed by atoms with Crippen LogP contribution in [0.2, 0.25) is 16.6 Å². The van der Waals surface area contributed by atoms with Gasteiger partial charge in [0.15, 0.2) is 0 Å². The first-order chi connectivity index (χ1) is 8.82. The van der Waals surface area contributed by atoms with Crippen molar-refractivity contribution in [2.45, 2.75) is 58.2 Å². The Morgan fingerprint density at radius 3 is 1.79 bits per heavy atom. The highest BCUT2D eigenvalue weighted by Gasteiger charge is 2.41. The van der Waals surface area contributed by atoms with Crippen molar-refractivity contribution in [2.24, 2.45) is 0 Å². The van der Waals surface area contributed by atoms with E-state index in [4.69, 9.17) is 0 Å². The van der Waals surface area contributed by atoms with Crippen molar-refractivity contribution in [3.05, 3.63) is 29.8 Å². The maximum absolute atomic E-state index is 9.84. The molecule has 1 nitrogen and oxygen atoms in total. The summed E-state index contributed by atoms with van der Waals surface area (Å²) in [4.78, 5) is 0. The topological polar surface area (TPSA) is 20.2 Å². The van der Waals surface area contributed by atoms with Crippen LogP contribution < -0.4 is 0 Å². The molecule has 1 aromatic rings. The van der Waals surface area contributed by atoms with Crippen LogP contribution in [0.15, 0.2) is 24.3 Å². The molecule has 1 rings (SSSR count). The molecule has 1 N–H and O–H groups in total. The van der Waals surface area contributed by atoms with Gasteiger partial charge in [0, 0.05) is 0 Å². The molecule has 2 heteroatoms. The maximum atomic E-state index is 9.84. The van der Waals surface area contributed by atoms with Crippen molar-refractivity contribution in [3.63, 3.8) is 0 Å². The van der Waals surface area contributed by atoms with E-state index in [1.165, 1.54) is 0 Å². The van der Waals surface area contributed by atoms with Gasteiger partial charge in [-0.05, 0) is 28.8 Å². The summed E-state index contributed by atoms with van der Waals surface area (Å²) < 4.78 is 0. The lowest BCUT2D eigenvalue weighted by atomic mass is 10.2. The standard InChI is InChI=1S/C17H26OSi/c1-13(2)19(14(3)4,15(5)6)12-11-16-9-7-8-10-17(16)18/h7-10,13-15,18H,1-6H3. The van der Waals surface area contributed by atoms with Crippen molar-refractivity contribution in [1.82, 2.24) is 0 Å². The monoisotopic (exact) mass is 274 g/mol. The summed E-state index contributed by atoms with van der Waals surface area (Å²) in [7, 11) is -1.71. The summed E-state index contributed by atoms with van der Waals surface area (Å²) >= 11 is 0. The van der Waals surface area contributed by atoms with Gasteiger partial charge in [0.25, 0.3) is 0 Å². The van der Waals surface area contributed by atoms with E-state index in [1.54, 1.807) is 6.07 Å². The molecule has 0 fully saturated rings. The lowest BCUT2D eigenvalue weighted by Crippen LogP contribution is -2.43. The molecule has 0 aliphatic rings. The van der Waals surface area contributed by atoms with Crippen LogP contribution in [0.4, 0.5) is 0 Å². The number of hydrogen-bond donors (Lipinski definition) is 1. The second-order valence-electron chi connectivity index (χ2n) is 6.16. The first-order valence-electron chi connectivity index (χ1n) is 7.13. The average molecular weight is 274 g/mol. The van der Waals surface area contributed by atoms with Crippen LogP contribution in [0.25, 0.3) is 0 Å². The van der Waals surface area contributed by atoms with Crippen LogP contribution in [-0.4, -0.2) is 13.2 Å². The van der Waals surface area contributed by atoms with E-state index in [1.807, 2.05) is 18.2 Å². The lowest BCUT2D eigenvalue weighted by molar-refractivity contribution is 0.473. The molecule has 0 saturated heterocycles. The fourth-order valence-electron chi connectivity index (χ4n) is 3.19. The van der Waals surface area contributed by atoms with Gasteiger partial charge >= 0.3 is 0 Å². The number of hydrogen-bond acceptors (Lipinski definition) is 1. The minimum absolute atomic E-state index is 0.286. The largest absolute Gasteiger partial charge is 0.507 e. The van der Waals surface area contributed by atoms with Gasteiger partial charge in [-0.1, -0.05) is 59.6 Å². The van der Waals surface area contributed by atoms with E-state index >= 15 is 0 Å². The fraction of sp³-hybridized carbons (Fsp3) is 0.529. The van der Waals surface area contributed by atoms with E-state index in [9.17, 15) is 5.11 Å². The number of para-hydroxylation sites is 1. The molecule has 0 aromatic heterocycles. The predicted molar refractivity (Wildman–Crippen MR) is 86.0 cm³/mol. The zero-order valence-corrected chi connectivity index (χ0v) is 14.0. The van der Waals surface area contributed by atoms with Gasteiger partial charge in [0.05, 0.1) is 5.56 Å². The van der Waals surface area contributed by atoms with E-state index in [0.717, 1.165) is 5.56 Å². The average Bonchev–Trinajstić information content (AvgIpc) is 2.30. The molecule has 0 aliphatic heterocycles. The Morgan fingerprint density at radius 1 is 0.895 bits per heavy atom. The van der Waals surface area contributed by atoms with Gasteiger partial charge in [-0.2, -0.15) is 0 Å². The molecular formula is C17H26OSi. The Morgan fingerprint density at radius 2 is 1.37 bits per heavy atom. The zero-order valence-electron chi connectivity index (χ0n) is 13.0. The third-order valence-electron chi connectivity index (χ3n) is 4.18. The molecule has 104 valence electrons. The van der Waals surface area contributed by atoms with E-state index in [2.05, 4.69) is 53.0 Å². The Labute approximate surface area is 119 Å². The molecule has 0 bridgehead atoms. The first kappa shape index (κ1) is 15.9. The zero-order chi connectivity index (χ0) is 14.6. The van der Waals surface area contributed by atoms with Crippen LogP contribution in [0.5, 0.6) is 5.75 Å². The van der Waals surface area contributed by atoms with Crippen molar-refractivity contribution in [1.29, 1.82) is 0 Å². The van der Waals surface area contributed by atoms with Crippen molar-refractivity contribution >= 4 is 8.07 Å². The Hall–Kier alpha value is -1.20. The summed E-state index contributed by atoms with van der Waals surface area (Å²) in [5.41, 5.74) is 6.22. The summed E-state index contributed by atoms with van der Waals surface area (Å²) in [6, 6.07) is 7.35. The highest BCUT2D eigenvalue weighted by atomic mass is 28.3. The van der Waals surface area contributed by atoms with Crippen LogP contribution in [0, 0.1) is 11.5 Å². The Bertz CT molecular complexity index is 456. The molecule has 0 amide bonds. The molecule has 0 spiro atoms. The van der Waals surface area contributed by atoms with Crippen LogP contribution >= 0.6 is 0 Å². The van der Waals surface area contributed by atoms with Crippen molar-refractivity contribution in [3.8, 4) is 17.2 Å². The molecule has 0 saturated carbocycles. The second-order valence-corrected chi connectivity index (χ2v) is 11.7. The van der Waals surface area contributed by atoms with E-state index in [-0.39, 0.29) is 5.75 Å². The second kappa shape index (κ2) is 6.30. The summed E-state index contributed by atoms with van der Waals surface area (Å²) in [5, 5.41) is 9.84. The Balaban J connectivity index is 3.28. The number of phenolic OH excluding ortho intramolecular Hbond substituents is 1. The van der Waals surface area contributed by atoms with Crippen molar-refractivity contribution < 1.29 is 5.11 Å². The third kappa shape index (κ3) is 3.22. The molecule has 1 aromatic carbocycles. The quantitative estimate of drug-likeness (QED) is 0.610. The number of phenols is 1. The number of aromatic hydroxyl groups is 1. The molecule has 0 aliphatic carbocycles. The maximum Gasteiger partial charge on any atom is 0.146 e. The van der Waals surface area contributed by atoms with Crippen LogP contribution in [-0.2, 0) is 0 Å². The lowest BCUT2D eigenvalue weighted by Gasteiger charge is -2.38. The van der Waals surface area contributed by atoms with Gasteiger partial charge < -0.3 is 5.11 Å². The smallest absolute Gasteiger partial charge is 0.146 e. The summed E-state index contributed by atoms with van der Waals surface area (Å²) in [6.07, 6.45) is 0. The van der Waals surface area contributed by atoms with Crippen molar-refractivity contribution in [2.75, 3.05) is 0 Å². The molecule has 0 heterocycles. The normalized spacial score (nSPS) is 11.8. The van der Waals surface area contributed by atoms with Gasteiger partial charge in [-0.15, -0.1) is 5.54 Å². The predicted octanol–water partition coefficient (Wildman–Crippen LogP) is 4.96. The highest BCUT2D eigenvalue weighted by molar-refractivity contribution is 6.90. The molecule has 0 radical (unpaired) electrons. The highest BCUT2D eigenvalue weighted by Crippen LogP contribution is 2.40. The number of rotatable bonds is 3. The van der Waals surface area contributed by atoms with Gasteiger partial charge in [-0.3, -0.25) is 0 Å². The summed E-state index contributed by atoms with van der Waals surface area (Å²) in [6.45, 7) is 13.8. The van der Waals surface area contributed by atoms with Gasteiger partial charge in [-0.25, -0.2) is 0 Å². The van der Waals surface area contributed by atoms with Gasteiger partial charge in [0.2, 0.25) is 0 Å². The van der Waals surface area contributed by atoms with Crippen LogP contribution in [0.3, 0.4) is 0 Å². The third-order valence-corrected chi connectivity index (χ3v) is 10.5. The summed E-state index contributed by atoms with van der Waals surface area (Å²) in [5.74, 6) is 3.55.